The lowest BCUT2D eigenvalue weighted by atomic mass is 9.99. The number of rotatable bonds is 10. The Hall–Kier alpha value is -3.87. The van der Waals surface area contributed by atoms with Gasteiger partial charge in [-0.3, -0.25) is 4.79 Å². The molecule has 0 saturated carbocycles. The summed E-state index contributed by atoms with van der Waals surface area (Å²) in [5.41, 5.74) is -1.32. The van der Waals surface area contributed by atoms with Crippen LogP contribution >= 0.6 is 0 Å². The molecule has 3 aliphatic rings. The molecule has 1 aromatic heterocycles. The Balaban J connectivity index is 1.35. The third kappa shape index (κ3) is 7.34. The van der Waals surface area contributed by atoms with E-state index < -0.39 is 122 Å². The summed E-state index contributed by atoms with van der Waals surface area (Å²) in [4.78, 5) is 14.1. The van der Waals surface area contributed by atoms with Gasteiger partial charge in [0.15, 0.2) is 23.5 Å². The van der Waals surface area contributed by atoms with E-state index in [9.17, 15) is 61.0 Å². The van der Waals surface area contributed by atoms with Gasteiger partial charge in [-0.25, -0.2) is 0 Å². The molecule has 3 fully saturated rings. The van der Waals surface area contributed by atoms with Gasteiger partial charge in [0.25, 0.3) is 0 Å². The van der Waals surface area contributed by atoms with Crippen LogP contribution in [0.3, 0.4) is 0 Å². The first-order valence-electron chi connectivity index (χ1n) is 16.3. The van der Waals surface area contributed by atoms with Gasteiger partial charge in [-0.1, -0.05) is 0 Å². The number of phenols is 2. The molecule has 0 aliphatic carbocycles. The number of methoxy groups -OCH3 is 1. The Morgan fingerprint density at radius 3 is 1.98 bits per heavy atom. The molecule has 53 heavy (non-hydrogen) atoms. The van der Waals surface area contributed by atoms with Crippen LogP contribution in [0.1, 0.15) is 6.92 Å². The van der Waals surface area contributed by atoms with Gasteiger partial charge in [-0.15, -0.1) is 0 Å². The van der Waals surface area contributed by atoms with Crippen molar-refractivity contribution in [3.05, 3.63) is 40.6 Å². The van der Waals surface area contributed by atoms with Crippen LogP contribution in [0.25, 0.3) is 22.3 Å². The minimum atomic E-state index is -2.00. The third-order valence-corrected chi connectivity index (χ3v) is 9.23. The number of ether oxygens (including phenoxy) is 7. The number of phenolic OH excluding ortho intramolecular Hbond substituents is 2. The van der Waals surface area contributed by atoms with Gasteiger partial charge in [-0.05, 0) is 25.1 Å². The van der Waals surface area contributed by atoms with Crippen LogP contribution in [0.4, 0.5) is 0 Å². The highest BCUT2D eigenvalue weighted by molar-refractivity contribution is 5.88. The fourth-order valence-electron chi connectivity index (χ4n) is 6.15. The maximum Gasteiger partial charge on any atom is 0.239 e. The Morgan fingerprint density at radius 2 is 1.32 bits per heavy atom. The highest BCUT2D eigenvalue weighted by Gasteiger charge is 2.48. The van der Waals surface area contributed by atoms with Crippen LogP contribution < -0.4 is 19.6 Å². The van der Waals surface area contributed by atoms with Crippen LogP contribution in [0.5, 0.6) is 28.7 Å². The third-order valence-electron chi connectivity index (χ3n) is 9.23. The molecule has 4 heterocycles. The van der Waals surface area contributed by atoms with E-state index in [0.29, 0.717) is 0 Å². The second-order valence-electron chi connectivity index (χ2n) is 12.8. The largest absolute Gasteiger partial charge is 0.507 e. The van der Waals surface area contributed by atoms with Crippen molar-refractivity contribution in [3.63, 3.8) is 0 Å². The van der Waals surface area contributed by atoms with E-state index >= 15 is 0 Å². The highest BCUT2D eigenvalue weighted by atomic mass is 16.7. The highest BCUT2D eigenvalue weighted by Crippen LogP contribution is 2.40. The Labute approximate surface area is 298 Å². The summed E-state index contributed by atoms with van der Waals surface area (Å²) in [5.74, 6) is -2.36. The minimum absolute atomic E-state index is 0.0477. The van der Waals surface area contributed by atoms with E-state index in [1.165, 1.54) is 32.2 Å². The summed E-state index contributed by atoms with van der Waals surface area (Å²) in [6, 6.07) is 5.91. The predicted molar refractivity (Wildman–Crippen MR) is 172 cm³/mol. The van der Waals surface area contributed by atoms with Crippen molar-refractivity contribution in [3.8, 4) is 40.1 Å². The minimum Gasteiger partial charge on any atom is -0.507 e. The molecule has 20 heteroatoms. The first-order valence-corrected chi connectivity index (χ1v) is 16.3. The van der Waals surface area contributed by atoms with Crippen LogP contribution in [-0.4, -0.2) is 163 Å². The molecule has 292 valence electrons. The Morgan fingerprint density at radius 1 is 0.698 bits per heavy atom. The molecule has 6 rings (SSSR count). The second-order valence-corrected chi connectivity index (χ2v) is 12.8. The molecule has 0 spiro atoms. The van der Waals surface area contributed by atoms with Crippen molar-refractivity contribution >= 4 is 11.0 Å². The molecule has 3 saturated heterocycles. The summed E-state index contributed by atoms with van der Waals surface area (Å²) in [6.07, 6.45) is -22.2. The van der Waals surface area contributed by atoms with E-state index in [4.69, 9.17) is 37.6 Å². The normalized spacial score (nSPS) is 36.1. The molecule has 11 N–H and O–H groups in total. The van der Waals surface area contributed by atoms with Crippen LogP contribution in [0, 0.1) is 0 Å². The quantitative estimate of drug-likeness (QED) is 0.0966. The average Bonchev–Trinajstić information content (AvgIpc) is 3.41. The SMILES string of the molecule is COc1cc(-c2oc3cc(O[C@@H]4O[C@@H](C)[C@H](O)[C@@H](O)[C@H]4O)cc(O)c3c(=O)c2O[C@@H]2O[C@H](CO[C@H]3O[C@H](CO)[C@@H](O)[C@@H]3O)[C@@H](O)[C@H](O)[C@H]2O)ccc1O. The molecule has 0 radical (unpaired) electrons. The second kappa shape index (κ2) is 15.5. The number of aromatic hydroxyl groups is 2. The molecule has 14 atom stereocenters. The monoisotopic (exact) mass is 756 g/mol. The summed E-state index contributed by atoms with van der Waals surface area (Å²) in [7, 11) is 1.26. The van der Waals surface area contributed by atoms with E-state index in [2.05, 4.69) is 0 Å². The molecular formula is C33H40O20. The van der Waals surface area contributed by atoms with Crippen molar-refractivity contribution < 1.29 is 93.7 Å². The van der Waals surface area contributed by atoms with Gasteiger partial charge in [0.1, 0.15) is 83.5 Å². The lowest BCUT2D eigenvalue weighted by molar-refractivity contribution is -0.290. The maximum atomic E-state index is 14.1. The molecule has 0 amide bonds. The zero-order valence-corrected chi connectivity index (χ0v) is 28.0. The van der Waals surface area contributed by atoms with Crippen LogP contribution in [0.15, 0.2) is 39.5 Å². The van der Waals surface area contributed by atoms with Crippen LogP contribution in [-0.2, 0) is 18.9 Å². The number of aliphatic hydroxyl groups excluding tert-OH is 9. The molecule has 2 aromatic carbocycles. The Bertz CT molecular complexity index is 1820. The lowest BCUT2D eigenvalue weighted by Gasteiger charge is -2.40. The smallest absolute Gasteiger partial charge is 0.239 e. The van der Waals surface area contributed by atoms with Crippen molar-refractivity contribution in [2.45, 2.75) is 92.9 Å². The molecule has 3 aliphatic heterocycles. The maximum absolute atomic E-state index is 14.1. The number of aliphatic hydroxyl groups is 9. The summed E-state index contributed by atoms with van der Waals surface area (Å²) < 4.78 is 44.6. The summed E-state index contributed by atoms with van der Waals surface area (Å²) in [5, 5.41) is 113. The van der Waals surface area contributed by atoms with E-state index in [-0.39, 0.29) is 34.2 Å². The predicted octanol–water partition coefficient (Wildman–Crippen LogP) is -3.27. The fourth-order valence-corrected chi connectivity index (χ4v) is 6.15. The van der Waals surface area contributed by atoms with Crippen LogP contribution in [0.2, 0.25) is 0 Å². The lowest BCUT2D eigenvalue weighted by Crippen LogP contribution is -2.60. The first-order chi connectivity index (χ1) is 25.1. The van der Waals surface area contributed by atoms with E-state index in [0.717, 1.165) is 12.1 Å². The molecule has 0 unspecified atom stereocenters. The van der Waals surface area contributed by atoms with E-state index in [1.807, 2.05) is 0 Å². The van der Waals surface area contributed by atoms with Gasteiger partial charge < -0.3 is 93.7 Å². The molecule has 0 bridgehead atoms. The van der Waals surface area contributed by atoms with Crippen molar-refractivity contribution in [2.24, 2.45) is 0 Å². The Kier molecular flexibility index (Phi) is 11.3. The van der Waals surface area contributed by atoms with Gasteiger partial charge >= 0.3 is 0 Å². The number of benzene rings is 2. The average molecular weight is 757 g/mol. The number of hydrogen-bond donors (Lipinski definition) is 11. The van der Waals surface area contributed by atoms with Crippen molar-refractivity contribution in [2.75, 3.05) is 20.3 Å². The van der Waals surface area contributed by atoms with Gasteiger partial charge in [0.05, 0.1) is 26.4 Å². The zero-order chi connectivity index (χ0) is 38.5. The number of hydrogen-bond acceptors (Lipinski definition) is 20. The van der Waals surface area contributed by atoms with Gasteiger partial charge in [-0.2, -0.15) is 0 Å². The van der Waals surface area contributed by atoms with Crippen molar-refractivity contribution in [1.29, 1.82) is 0 Å². The summed E-state index contributed by atoms with van der Waals surface area (Å²) in [6.45, 7) is 0.173. The standard InChI is InChI=1S/C33H40O20/c1-10-20(37)24(41)27(44)32(48-10)49-12-6-14(36)19-16(7-12)50-29(11-3-4-13(35)15(5-11)46-2)30(23(19)40)53-33-28(45)25(42)22(39)18(52-33)9-47-31-26(43)21(38)17(8-34)51-31/h3-7,10,17-18,20-22,24-28,31-39,41-45H,8-9H2,1-2H3/t10-,17+,18+,20-,21+,22+,24+,25-,26-,27+,28+,31-,32-,33-/m0/s1. The van der Waals surface area contributed by atoms with Gasteiger partial charge in [0.2, 0.25) is 23.8 Å². The fraction of sp³-hybridized carbons (Fsp3) is 0.545. The number of fused-ring (bicyclic) bond motifs is 1. The molecule has 3 aromatic rings. The topological polar surface area (TPSA) is 317 Å². The summed E-state index contributed by atoms with van der Waals surface area (Å²) >= 11 is 0. The van der Waals surface area contributed by atoms with Gasteiger partial charge in [0, 0.05) is 17.7 Å². The molecular weight excluding hydrogens is 716 g/mol. The first kappa shape index (κ1) is 38.8. The van der Waals surface area contributed by atoms with E-state index in [1.54, 1.807) is 0 Å². The zero-order valence-electron chi connectivity index (χ0n) is 28.0. The van der Waals surface area contributed by atoms with Crippen molar-refractivity contribution in [1.82, 2.24) is 0 Å². The molecule has 20 nitrogen and oxygen atoms in total.